The van der Waals surface area contributed by atoms with E-state index in [-0.39, 0.29) is 12.8 Å². The van der Waals surface area contributed by atoms with Crippen LogP contribution in [0.3, 0.4) is 0 Å². The van der Waals surface area contributed by atoms with Gasteiger partial charge >= 0.3 is 5.97 Å². The zero-order chi connectivity index (χ0) is 14.5. The van der Waals surface area contributed by atoms with Gasteiger partial charge in [0.25, 0.3) is 0 Å². The maximum Gasteiger partial charge on any atom is 0.303 e. The van der Waals surface area contributed by atoms with Gasteiger partial charge in [0.15, 0.2) is 0 Å². The van der Waals surface area contributed by atoms with E-state index < -0.39 is 17.9 Å². The molecule has 5 heteroatoms. The lowest BCUT2D eigenvalue weighted by atomic mass is 10.1. The number of hydrogen-bond donors (Lipinski definition) is 3. The molecule has 20 heavy (non-hydrogen) atoms. The minimum atomic E-state index is -0.948. The lowest BCUT2D eigenvalue weighted by molar-refractivity contribution is -0.137. The number of fused-ring (bicyclic) bond motifs is 1. The van der Waals surface area contributed by atoms with Crippen molar-refractivity contribution in [2.75, 3.05) is 5.32 Å². The molecule has 0 bridgehead atoms. The number of carbonyl (C=O) groups excluding carboxylic acids is 1. The highest BCUT2D eigenvalue weighted by Gasteiger charge is 2.16. The molecule has 0 saturated heterocycles. The molecular formula is C15H16N2O3. The van der Waals surface area contributed by atoms with E-state index in [1.807, 2.05) is 42.5 Å². The fraction of sp³-hybridized carbons (Fsp3) is 0.200. The average molecular weight is 272 g/mol. The second-order valence-electron chi connectivity index (χ2n) is 4.59. The third-order valence-electron chi connectivity index (χ3n) is 3.08. The molecule has 0 spiro atoms. The summed E-state index contributed by atoms with van der Waals surface area (Å²) in [4.78, 5) is 21.9. The second-order valence-corrected chi connectivity index (χ2v) is 4.59. The molecule has 2 rings (SSSR count). The number of primary amides is 1. The van der Waals surface area contributed by atoms with E-state index in [2.05, 4.69) is 5.32 Å². The number of hydrogen-bond acceptors (Lipinski definition) is 3. The first-order valence-corrected chi connectivity index (χ1v) is 6.33. The van der Waals surface area contributed by atoms with Gasteiger partial charge in [-0.25, -0.2) is 0 Å². The van der Waals surface area contributed by atoms with Crippen molar-refractivity contribution >= 4 is 28.3 Å². The van der Waals surface area contributed by atoms with Gasteiger partial charge in [-0.2, -0.15) is 0 Å². The Morgan fingerprint density at radius 3 is 2.50 bits per heavy atom. The molecule has 0 radical (unpaired) electrons. The summed E-state index contributed by atoms with van der Waals surface area (Å²) in [5.74, 6) is -1.50. The van der Waals surface area contributed by atoms with Crippen LogP contribution in [0.4, 0.5) is 5.69 Å². The topological polar surface area (TPSA) is 92.4 Å². The van der Waals surface area contributed by atoms with Gasteiger partial charge in [-0.1, -0.05) is 30.3 Å². The van der Waals surface area contributed by atoms with Crippen molar-refractivity contribution in [2.24, 2.45) is 5.73 Å². The van der Waals surface area contributed by atoms with E-state index in [0.29, 0.717) is 0 Å². The molecule has 0 aliphatic heterocycles. The van der Waals surface area contributed by atoms with Crippen molar-refractivity contribution in [2.45, 2.75) is 18.9 Å². The fourth-order valence-electron chi connectivity index (χ4n) is 2.03. The van der Waals surface area contributed by atoms with Gasteiger partial charge in [-0.3, -0.25) is 9.59 Å². The van der Waals surface area contributed by atoms with Crippen molar-refractivity contribution in [1.29, 1.82) is 0 Å². The van der Waals surface area contributed by atoms with Gasteiger partial charge in [0.2, 0.25) is 5.91 Å². The summed E-state index contributed by atoms with van der Waals surface area (Å²) >= 11 is 0. The summed E-state index contributed by atoms with van der Waals surface area (Å²) in [5, 5.41) is 13.8. The Labute approximate surface area is 116 Å². The first-order chi connectivity index (χ1) is 9.56. The van der Waals surface area contributed by atoms with E-state index in [9.17, 15) is 9.59 Å². The van der Waals surface area contributed by atoms with Crippen LogP contribution in [0.2, 0.25) is 0 Å². The quantitative estimate of drug-likeness (QED) is 0.749. The summed E-state index contributed by atoms with van der Waals surface area (Å²) < 4.78 is 0. The largest absolute Gasteiger partial charge is 0.481 e. The normalized spacial score (nSPS) is 12.0. The van der Waals surface area contributed by atoms with E-state index in [4.69, 9.17) is 10.8 Å². The number of carbonyl (C=O) groups is 2. The summed E-state index contributed by atoms with van der Waals surface area (Å²) in [6.07, 6.45) is 0.0612. The summed E-state index contributed by atoms with van der Waals surface area (Å²) in [7, 11) is 0. The highest BCUT2D eigenvalue weighted by molar-refractivity contribution is 5.88. The van der Waals surface area contributed by atoms with Gasteiger partial charge in [0, 0.05) is 12.1 Å². The Hall–Kier alpha value is -2.56. The number of carboxylic acids is 1. The number of nitrogens with one attached hydrogen (secondary N) is 1. The zero-order valence-electron chi connectivity index (χ0n) is 10.9. The number of rotatable bonds is 6. The van der Waals surface area contributed by atoms with Crippen LogP contribution in [0.5, 0.6) is 0 Å². The molecule has 104 valence electrons. The second kappa shape index (κ2) is 6.06. The first kappa shape index (κ1) is 13.9. The van der Waals surface area contributed by atoms with Gasteiger partial charge in [0.05, 0.1) is 0 Å². The smallest absolute Gasteiger partial charge is 0.303 e. The first-order valence-electron chi connectivity index (χ1n) is 6.33. The number of anilines is 1. The molecular weight excluding hydrogens is 256 g/mol. The van der Waals surface area contributed by atoms with Crippen LogP contribution in [0.25, 0.3) is 10.8 Å². The lowest BCUT2D eigenvalue weighted by Crippen LogP contribution is -2.35. The monoisotopic (exact) mass is 272 g/mol. The van der Waals surface area contributed by atoms with Gasteiger partial charge in [-0.05, 0) is 29.3 Å². The summed E-state index contributed by atoms with van der Waals surface area (Å²) in [6.45, 7) is 0. The molecule has 1 amide bonds. The third kappa shape index (κ3) is 3.47. The Kier molecular flexibility index (Phi) is 4.20. The molecule has 4 N–H and O–H groups in total. The number of carboxylic acid groups (broad SMARTS) is 1. The number of benzene rings is 2. The fourth-order valence-corrected chi connectivity index (χ4v) is 2.03. The van der Waals surface area contributed by atoms with E-state index in [0.717, 1.165) is 16.5 Å². The van der Waals surface area contributed by atoms with Crippen molar-refractivity contribution in [3.8, 4) is 0 Å². The molecule has 2 aromatic carbocycles. The SMILES string of the molecule is NC(=O)[C@H](CCC(=O)O)Nc1ccc2ccccc2c1. The Morgan fingerprint density at radius 2 is 1.85 bits per heavy atom. The van der Waals surface area contributed by atoms with Crippen molar-refractivity contribution in [3.05, 3.63) is 42.5 Å². The number of aliphatic carboxylic acids is 1. The molecule has 0 heterocycles. The maximum absolute atomic E-state index is 11.3. The van der Waals surface area contributed by atoms with E-state index in [1.54, 1.807) is 0 Å². The highest BCUT2D eigenvalue weighted by Crippen LogP contribution is 2.20. The molecule has 0 fully saturated rings. The van der Waals surface area contributed by atoms with Crippen LogP contribution < -0.4 is 11.1 Å². The molecule has 1 atom stereocenters. The summed E-state index contributed by atoms with van der Waals surface area (Å²) in [5.41, 5.74) is 6.04. The van der Waals surface area contributed by atoms with Crippen LogP contribution >= 0.6 is 0 Å². The highest BCUT2D eigenvalue weighted by atomic mass is 16.4. The molecule has 5 nitrogen and oxygen atoms in total. The molecule has 0 saturated carbocycles. The van der Waals surface area contributed by atoms with Crippen LogP contribution in [-0.4, -0.2) is 23.0 Å². The number of nitrogens with two attached hydrogens (primary N) is 1. The number of amides is 1. The predicted octanol–water partition coefficient (Wildman–Crippen LogP) is 1.97. The Balaban J connectivity index is 2.15. The molecule has 0 aliphatic rings. The minimum absolute atomic E-state index is 0.103. The van der Waals surface area contributed by atoms with E-state index in [1.165, 1.54) is 0 Å². The Bertz CT molecular complexity index is 640. The van der Waals surface area contributed by atoms with Gasteiger partial charge < -0.3 is 16.2 Å². The van der Waals surface area contributed by atoms with Crippen LogP contribution in [0.1, 0.15) is 12.8 Å². The van der Waals surface area contributed by atoms with Crippen molar-refractivity contribution in [3.63, 3.8) is 0 Å². The molecule has 0 aliphatic carbocycles. The standard InChI is InChI=1S/C15H16N2O3/c16-15(20)13(7-8-14(18)19)17-12-6-5-10-3-1-2-4-11(10)9-12/h1-6,9,13,17H,7-8H2,(H2,16,20)(H,18,19)/t13-/m0/s1. The summed E-state index contributed by atoms with van der Waals surface area (Å²) in [6, 6.07) is 12.9. The minimum Gasteiger partial charge on any atom is -0.481 e. The van der Waals surface area contributed by atoms with Crippen molar-refractivity contribution in [1.82, 2.24) is 0 Å². The molecule has 0 unspecified atom stereocenters. The molecule has 2 aromatic rings. The Morgan fingerprint density at radius 1 is 1.15 bits per heavy atom. The van der Waals surface area contributed by atoms with Crippen LogP contribution in [0.15, 0.2) is 42.5 Å². The van der Waals surface area contributed by atoms with Gasteiger partial charge in [-0.15, -0.1) is 0 Å². The predicted molar refractivity (Wildman–Crippen MR) is 77.4 cm³/mol. The zero-order valence-corrected chi connectivity index (χ0v) is 10.9. The maximum atomic E-state index is 11.3. The van der Waals surface area contributed by atoms with Gasteiger partial charge in [0.1, 0.15) is 6.04 Å². The third-order valence-corrected chi connectivity index (χ3v) is 3.08. The average Bonchev–Trinajstić information content (AvgIpc) is 2.42. The van der Waals surface area contributed by atoms with E-state index >= 15 is 0 Å². The van der Waals surface area contributed by atoms with Crippen molar-refractivity contribution < 1.29 is 14.7 Å². The molecule has 0 aromatic heterocycles. The van der Waals surface area contributed by atoms with Crippen LogP contribution in [-0.2, 0) is 9.59 Å². The van der Waals surface area contributed by atoms with Crippen LogP contribution in [0, 0.1) is 0 Å². The lowest BCUT2D eigenvalue weighted by Gasteiger charge is -2.16.